The van der Waals surface area contributed by atoms with Gasteiger partial charge in [-0.05, 0) is 37.0 Å². The predicted octanol–water partition coefficient (Wildman–Crippen LogP) is 2.78. The fraction of sp³-hybridized carbons (Fsp3) is 0.500. The van der Waals surface area contributed by atoms with Crippen molar-refractivity contribution in [3.8, 4) is 0 Å². The number of aliphatic hydroxyl groups is 1. The van der Waals surface area contributed by atoms with Gasteiger partial charge in [-0.15, -0.1) is 0 Å². The van der Waals surface area contributed by atoms with E-state index in [1.54, 1.807) is 0 Å². The molecule has 0 radical (unpaired) electrons. The number of amides is 1. The second-order valence-electron chi connectivity index (χ2n) is 4.63. The van der Waals surface area contributed by atoms with Crippen molar-refractivity contribution in [3.05, 3.63) is 34.9 Å². The van der Waals surface area contributed by atoms with Gasteiger partial charge in [-0.3, -0.25) is 4.79 Å². The molecule has 98 valence electrons. The maximum Gasteiger partial charge on any atom is 0.223 e. The van der Waals surface area contributed by atoms with Crippen molar-refractivity contribution in [2.24, 2.45) is 0 Å². The van der Waals surface area contributed by atoms with Crippen LogP contribution < -0.4 is 0 Å². The molecule has 3 nitrogen and oxygen atoms in total. The standard InChI is InChI=1S/C14H18ClNO2/c15-12-5-1-4-11(10-12)13-6-2-8-16(13)14(18)7-3-9-17/h1,4-5,10,13,17H,2-3,6-9H2. The normalized spacial score (nSPS) is 19.2. The average Bonchev–Trinajstić information content (AvgIpc) is 2.85. The van der Waals surface area contributed by atoms with Crippen LogP contribution in [0.5, 0.6) is 0 Å². The molecule has 0 aromatic heterocycles. The number of carbonyl (C=O) groups is 1. The fourth-order valence-electron chi connectivity index (χ4n) is 2.50. The molecule has 0 saturated carbocycles. The van der Waals surface area contributed by atoms with Gasteiger partial charge in [0.05, 0.1) is 6.04 Å². The summed E-state index contributed by atoms with van der Waals surface area (Å²) in [5, 5.41) is 9.50. The minimum Gasteiger partial charge on any atom is -0.396 e. The molecule has 1 amide bonds. The Labute approximate surface area is 112 Å². The number of rotatable bonds is 4. The zero-order chi connectivity index (χ0) is 13.0. The summed E-state index contributed by atoms with van der Waals surface area (Å²) in [5.74, 6) is 0.131. The monoisotopic (exact) mass is 267 g/mol. The number of benzene rings is 1. The first-order chi connectivity index (χ1) is 8.72. The molecule has 1 aromatic carbocycles. The fourth-order valence-corrected chi connectivity index (χ4v) is 2.70. The number of likely N-dealkylation sites (tertiary alicyclic amines) is 1. The number of halogens is 1. The van der Waals surface area contributed by atoms with Gasteiger partial charge in [0.15, 0.2) is 0 Å². The maximum atomic E-state index is 12.1. The van der Waals surface area contributed by atoms with E-state index in [9.17, 15) is 4.79 Å². The summed E-state index contributed by atoms with van der Waals surface area (Å²) in [7, 11) is 0. The Bertz CT molecular complexity index is 422. The van der Waals surface area contributed by atoms with Crippen LogP contribution in [0.15, 0.2) is 24.3 Å². The summed E-state index contributed by atoms with van der Waals surface area (Å²) in [5.41, 5.74) is 1.11. The van der Waals surface area contributed by atoms with Crippen LogP contribution in [0.1, 0.15) is 37.3 Å². The molecule has 1 heterocycles. The smallest absolute Gasteiger partial charge is 0.223 e. The highest BCUT2D eigenvalue weighted by Gasteiger charge is 2.29. The minimum atomic E-state index is 0.0708. The Morgan fingerprint density at radius 2 is 2.33 bits per heavy atom. The molecule has 2 rings (SSSR count). The highest BCUT2D eigenvalue weighted by molar-refractivity contribution is 6.30. The van der Waals surface area contributed by atoms with Crippen LogP contribution in [0.3, 0.4) is 0 Å². The van der Waals surface area contributed by atoms with Crippen molar-refractivity contribution in [1.82, 2.24) is 4.90 Å². The van der Waals surface area contributed by atoms with Crippen molar-refractivity contribution in [2.75, 3.05) is 13.2 Å². The van der Waals surface area contributed by atoms with Gasteiger partial charge in [-0.25, -0.2) is 0 Å². The topological polar surface area (TPSA) is 40.5 Å². The van der Waals surface area contributed by atoms with Gasteiger partial charge in [-0.1, -0.05) is 23.7 Å². The van der Waals surface area contributed by atoms with Gasteiger partial charge in [0.2, 0.25) is 5.91 Å². The third kappa shape index (κ3) is 3.03. The third-order valence-corrected chi connectivity index (χ3v) is 3.59. The molecular weight excluding hydrogens is 250 g/mol. The van der Waals surface area contributed by atoms with E-state index in [2.05, 4.69) is 0 Å². The number of hydrogen-bond acceptors (Lipinski definition) is 2. The van der Waals surface area contributed by atoms with E-state index in [0.29, 0.717) is 17.9 Å². The molecule has 0 bridgehead atoms. The molecule has 1 atom stereocenters. The van der Waals surface area contributed by atoms with E-state index in [4.69, 9.17) is 16.7 Å². The summed E-state index contributed by atoms with van der Waals surface area (Å²) < 4.78 is 0. The lowest BCUT2D eigenvalue weighted by Crippen LogP contribution is -2.30. The van der Waals surface area contributed by atoms with Crippen molar-refractivity contribution >= 4 is 17.5 Å². The minimum absolute atomic E-state index is 0.0708. The second kappa shape index (κ2) is 6.21. The van der Waals surface area contributed by atoms with E-state index in [0.717, 1.165) is 24.9 Å². The van der Waals surface area contributed by atoms with Crippen molar-refractivity contribution in [3.63, 3.8) is 0 Å². The second-order valence-corrected chi connectivity index (χ2v) is 5.06. The number of carbonyl (C=O) groups excluding carboxylic acids is 1. The molecule has 1 fully saturated rings. The molecule has 18 heavy (non-hydrogen) atoms. The zero-order valence-corrected chi connectivity index (χ0v) is 11.1. The van der Waals surface area contributed by atoms with Crippen LogP contribution in [-0.4, -0.2) is 29.1 Å². The van der Waals surface area contributed by atoms with Gasteiger partial charge in [0, 0.05) is 24.6 Å². The molecule has 1 saturated heterocycles. The lowest BCUT2D eigenvalue weighted by Gasteiger charge is -2.25. The Hall–Kier alpha value is -1.06. The van der Waals surface area contributed by atoms with Gasteiger partial charge in [-0.2, -0.15) is 0 Å². The average molecular weight is 268 g/mol. The Morgan fingerprint density at radius 3 is 3.06 bits per heavy atom. The van der Waals surface area contributed by atoms with Crippen LogP contribution in [0.25, 0.3) is 0 Å². The summed E-state index contributed by atoms with van der Waals surface area (Å²) in [6.07, 6.45) is 2.98. The SMILES string of the molecule is O=C(CCCO)N1CCCC1c1cccc(Cl)c1. The predicted molar refractivity (Wildman–Crippen MR) is 71.5 cm³/mol. The lowest BCUT2D eigenvalue weighted by atomic mass is 10.0. The van der Waals surface area contributed by atoms with E-state index in [-0.39, 0.29) is 18.6 Å². The van der Waals surface area contributed by atoms with Crippen LogP contribution >= 0.6 is 11.6 Å². The van der Waals surface area contributed by atoms with Crippen molar-refractivity contribution in [1.29, 1.82) is 0 Å². The van der Waals surface area contributed by atoms with Gasteiger partial charge < -0.3 is 10.0 Å². The first-order valence-corrected chi connectivity index (χ1v) is 6.76. The number of nitrogens with zero attached hydrogens (tertiary/aromatic N) is 1. The van der Waals surface area contributed by atoms with E-state index < -0.39 is 0 Å². The van der Waals surface area contributed by atoms with Gasteiger partial charge in [0.1, 0.15) is 0 Å². The van der Waals surface area contributed by atoms with Crippen molar-refractivity contribution in [2.45, 2.75) is 31.7 Å². The molecule has 0 spiro atoms. The van der Waals surface area contributed by atoms with Crippen LogP contribution in [0.2, 0.25) is 5.02 Å². The van der Waals surface area contributed by atoms with E-state index in [1.807, 2.05) is 29.2 Å². The first-order valence-electron chi connectivity index (χ1n) is 6.38. The summed E-state index contributed by atoms with van der Waals surface area (Å²) in [6.45, 7) is 0.878. The summed E-state index contributed by atoms with van der Waals surface area (Å²) in [4.78, 5) is 14.0. The third-order valence-electron chi connectivity index (χ3n) is 3.36. The van der Waals surface area contributed by atoms with E-state index in [1.165, 1.54) is 0 Å². The van der Waals surface area contributed by atoms with E-state index >= 15 is 0 Å². The molecular formula is C14H18ClNO2. The summed E-state index contributed by atoms with van der Waals surface area (Å²) >= 11 is 6.00. The molecule has 1 aliphatic heterocycles. The first kappa shape index (κ1) is 13.4. The lowest BCUT2D eigenvalue weighted by molar-refractivity contribution is -0.132. The Morgan fingerprint density at radius 1 is 1.50 bits per heavy atom. The largest absolute Gasteiger partial charge is 0.396 e. The zero-order valence-electron chi connectivity index (χ0n) is 10.3. The molecule has 1 aliphatic rings. The van der Waals surface area contributed by atoms with Gasteiger partial charge >= 0.3 is 0 Å². The highest BCUT2D eigenvalue weighted by atomic mass is 35.5. The molecule has 0 aliphatic carbocycles. The Kier molecular flexibility index (Phi) is 4.61. The number of hydrogen-bond donors (Lipinski definition) is 1. The van der Waals surface area contributed by atoms with Crippen LogP contribution in [0.4, 0.5) is 0 Å². The molecule has 1 aromatic rings. The van der Waals surface area contributed by atoms with Crippen LogP contribution in [-0.2, 0) is 4.79 Å². The summed E-state index contributed by atoms with van der Waals surface area (Å²) in [6, 6.07) is 7.87. The molecule has 1 N–H and O–H groups in total. The van der Waals surface area contributed by atoms with Crippen molar-refractivity contribution < 1.29 is 9.90 Å². The van der Waals surface area contributed by atoms with Crippen LogP contribution in [0, 0.1) is 0 Å². The highest BCUT2D eigenvalue weighted by Crippen LogP contribution is 2.33. The quantitative estimate of drug-likeness (QED) is 0.911. The molecule has 1 unspecified atom stereocenters. The molecule has 4 heteroatoms. The number of aliphatic hydroxyl groups excluding tert-OH is 1. The van der Waals surface area contributed by atoms with Gasteiger partial charge in [0.25, 0.3) is 0 Å². The Balaban J connectivity index is 2.10. The maximum absolute atomic E-state index is 12.1.